The summed E-state index contributed by atoms with van der Waals surface area (Å²) in [5.41, 5.74) is 1.59. The molecule has 0 N–H and O–H groups in total. The molecule has 3 fully saturated rings. The van der Waals surface area contributed by atoms with Crippen molar-refractivity contribution in [3.05, 3.63) is 12.2 Å². The highest BCUT2D eigenvalue weighted by atomic mass is 14.3. The van der Waals surface area contributed by atoms with Crippen LogP contribution in [0.25, 0.3) is 0 Å². The fraction of sp³-hybridized carbons (Fsp3) is 0.846. The van der Waals surface area contributed by atoms with Crippen LogP contribution in [0.15, 0.2) is 12.2 Å². The Morgan fingerprint density at radius 2 is 1.50 bits per heavy atom. The molecule has 1 saturated carbocycles. The predicted octanol–water partition coefficient (Wildman–Crippen LogP) is 4.31. The molecule has 1 atom stereocenters. The van der Waals surface area contributed by atoms with E-state index in [1.807, 2.05) is 0 Å². The van der Waals surface area contributed by atoms with Gasteiger partial charge in [0.1, 0.15) is 0 Å². The van der Waals surface area contributed by atoms with E-state index in [0.717, 1.165) is 24.2 Å². The Morgan fingerprint density at radius 3 is 1.86 bits per heavy atom. The Morgan fingerprint density at radius 1 is 0.929 bits per heavy atom. The van der Waals surface area contributed by atoms with Crippen LogP contribution in [-0.4, -0.2) is 6.71 Å². The highest BCUT2D eigenvalue weighted by molar-refractivity contribution is 6.65. The molecule has 0 spiro atoms. The number of hydrogen-bond donors (Lipinski definition) is 0. The fourth-order valence-electron chi connectivity index (χ4n) is 4.36. The van der Waals surface area contributed by atoms with Crippen molar-refractivity contribution in [2.45, 2.75) is 68.8 Å². The number of fused-ring (bicyclic) bond motifs is 2. The third-order valence-electron chi connectivity index (χ3n) is 5.15. The van der Waals surface area contributed by atoms with E-state index in [1.54, 1.807) is 5.57 Å². The lowest BCUT2D eigenvalue weighted by molar-refractivity contribution is 0.427. The normalized spacial score (nSPS) is 42.1. The van der Waals surface area contributed by atoms with Crippen LogP contribution in [0.4, 0.5) is 0 Å². The second-order valence-electron chi connectivity index (χ2n) is 5.76. The lowest BCUT2D eigenvalue weighted by atomic mass is 9.20. The molecular formula is C13H21B. The smallest absolute Gasteiger partial charge is 0.100 e. The maximum atomic E-state index is 4.24. The van der Waals surface area contributed by atoms with Crippen molar-refractivity contribution in [2.75, 3.05) is 0 Å². The minimum absolute atomic E-state index is 0.950. The van der Waals surface area contributed by atoms with Gasteiger partial charge in [0.25, 0.3) is 0 Å². The van der Waals surface area contributed by atoms with Crippen molar-refractivity contribution in [2.24, 2.45) is 0 Å². The summed E-state index contributed by atoms with van der Waals surface area (Å²) in [6.07, 6.45) is 12.0. The third kappa shape index (κ3) is 1.28. The monoisotopic (exact) mass is 188 g/mol. The van der Waals surface area contributed by atoms with Gasteiger partial charge in [-0.05, 0) is 18.7 Å². The molecule has 0 aromatic heterocycles. The molecule has 0 amide bonds. The Labute approximate surface area is 88.2 Å². The van der Waals surface area contributed by atoms with Crippen molar-refractivity contribution in [3.8, 4) is 0 Å². The summed E-state index contributed by atoms with van der Waals surface area (Å²) in [4.78, 5) is 0. The van der Waals surface area contributed by atoms with Gasteiger partial charge in [-0.15, -0.1) is 6.58 Å². The predicted molar refractivity (Wildman–Crippen MR) is 63.1 cm³/mol. The topological polar surface area (TPSA) is 0 Å². The van der Waals surface area contributed by atoms with Gasteiger partial charge < -0.3 is 0 Å². The maximum absolute atomic E-state index is 4.24. The molecule has 2 aliphatic heterocycles. The molecule has 3 aliphatic rings. The van der Waals surface area contributed by atoms with E-state index in [-0.39, 0.29) is 0 Å². The Balaban J connectivity index is 1.79. The second-order valence-corrected chi connectivity index (χ2v) is 5.76. The second kappa shape index (κ2) is 3.43. The lowest BCUT2D eigenvalue weighted by Gasteiger charge is -2.48. The van der Waals surface area contributed by atoms with E-state index in [4.69, 9.17) is 0 Å². The average Bonchev–Trinajstić information content (AvgIpc) is 2.15. The van der Waals surface area contributed by atoms with Crippen molar-refractivity contribution >= 4 is 6.71 Å². The van der Waals surface area contributed by atoms with Gasteiger partial charge in [0.15, 0.2) is 6.71 Å². The zero-order valence-electron chi connectivity index (χ0n) is 9.17. The van der Waals surface area contributed by atoms with E-state index in [9.17, 15) is 0 Å². The van der Waals surface area contributed by atoms with Crippen LogP contribution in [0.2, 0.25) is 17.5 Å². The van der Waals surface area contributed by atoms with E-state index in [2.05, 4.69) is 6.58 Å². The Kier molecular flexibility index (Phi) is 2.22. The van der Waals surface area contributed by atoms with E-state index in [0.29, 0.717) is 0 Å². The standard InChI is InChI=1S/C13H21B/c1-10-8-9-13(10)14-11-4-2-5-12(14)7-3-6-11/h11-13H,1-9H2. The van der Waals surface area contributed by atoms with Gasteiger partial charge in [0.05, 0.1) is 0 Å². The molecule has 2 heterocycles. The average molecular weight is 188 g/mol. The van der Waals surface area contributed by atoms with Crippen LogP contribution >= 0.6 is 0 Å². The first-order chi connectivity index (χ1) is 6.86. The first-order valence-corrected chi connectivity index (χ1v) is 6.54. The molecule has 3 rings (SSSR count). The molecule has 1 heteroatoms. The molecule has 0 aromatic rings. The maximum Gasteiger partial charge on any atom is 0.154 e. The van der Waals surface area contributed by atoms with Crippen molar-refractivity contribution in [1.29, 1.82) is 0 Å². The summed E-state index contributed by atoms with van der Waals surface area (Å²) < 4.78 is 0. The summed E-state index contributed by atoms with van der Waals surface area (Å²) in [5, 5.41) is 0. The first-order valence-electron chi connectivity index (χ1n) is 6.54. The molecule has 1 unspecified atom stereocenters. The van der Waals surface area contributed by atoms with E-state index >= 15 is 0 Å². The number of allylic oxidation sites excluding steroid dienone is 1. The summed E-state index contributed by atoms with van der Waals surface area (Å²) in [6.45, 7) is 5.31. The largest absolute Gasteiger partial charge is 0.154 e. The molecule has 1 aliphatic carbocycles. The minimum atomic E-state index is 0.950. The van der Waals surface area contributed by atoms with Gasteiger partial charge in [-0.3, -0.25) is 0 Å². The van der Waals surface area contributed by atoms with Crippen LogP contribution in [0.1, 0.15) is 51.4 Å². The highest BCUT2D eigenvalue weighted by Crippen LogP contribution is 2.56. The zero-order valence-corrected chi connectivity index (χ0v) is 9.17. The fourth-order valence-corrected chi connectivity index (χ4v) is 4.36. The van der Waals surface area contributed by atoms with Gasteiger partial charge >= 0.3 is 0 Å². The van der Waals surface area contributed by atoms with Gasteiger partial charge in [0.2, 0.25) is 0 Å². The third-order valence-corrected chi connectivity index (χ3v) is 5.15. The summed E-state index contributed by atoms with van der Waals surface area (Å²) >= 11 is 0. The van der Waals surface area contributed by atoms with Crippen LogP contribution in [0.3, 0.4) is 0 Å². The Hall–Kier alpha value is -0.195. The quantitative estimate of drug-likeness (QED) is 0.424. The van der Waals surface area contributed by atoms with E-state index < -0.39 is 0 Å². The van der Waals surface area contributed by atoms with Crippen LogP contribution < -0.4 is 0 Å². The zero-order chi connectivity index (χ0) is 9.54. The SMILES string of the molecule is C=C1CCC1B1C2CCCC1CCC2. The molecule has 2 saturated heterocycles. The van der Waals surface area contributed by atoms with Gasteiger partial charge in [-0.25, -0.2) is 0 Å². The molecule has 0 radical (unpaired) electrons. The van der Waals surface area contributed by atoms with Crippen LogP contribution in [0, 0.1) is 0 Å². The van der Waals surface area contributed by atoms with Crippen molar-refractivity contribution in [1.82, 2.24) is 0 Å². The van der Waals surface area contributed by atoms with Gasteiger partial charge in [0, 0.05) is 0 Å². The van der Waals surface area contributed by atoms with Crippen LogP contribution in [-0.2, 0) is 0 Å². The molecule has 0 nitrogen and oxygen atoms in total. The molecular weight excluding hydrogens is 167 g/mol. The summed E-state index contributed by atoms with van der Waals surface area (Å²) in [7, 11) is 0. The molecule has 76 valence electrons. The van der Waals surface area contributed by atoms with E-state index in [1.165, 1.54) is 51.4 Å². The number of hydrogen-bond acceptors (Lipinski definition) is 0. The number of rotatable bonds is 1. The summed E-state index contributed by atoms with van der Waals surface area (Å²) in [5.74, 6) is 3.12. The first kappa shape index (κ1) is 9.06. The summed E-state index contributed by atoms with van der Waals surface area (Å²) in [6, 6.07) is 0. The van der Waals surface area contributed by atoms with Gasteiger partial charge in [-0.1, -0.05) is 55.7 Å². The molecule has 2 bridgehead atoms. The van der Waals surface area contributed by atoms with Crippen molar-refractivity contribution in [3.63, 3.8) is 0 Å². The lowest BCUT2D eigenvalue weighted by Crippen LogP contribution is -2.41. The highest BCUT2D eigenvalue weighted by Gasteiger charge is 2.46. The van der Waals surface area contributed by atoms with Gasteiger partial charge in [-0.2, -0.15) is 0 Å². The minimum Gasteiger partial charge on any atom is -0.100 e. The van der Waals surface area contributed by atoms with Crippen molar-refractivity contribution < 1.29 is 0 Å². The van der Waals surface area contributed by atoms with Crippen LogP contribution in [0.5, 0.6) is 0 Å². The Bertz CT molecular complexity index is 224. The molecule has 14 heavy (non-hydrogen) atoms. The molecule has 0 aromatic carbocycles.